The van der Waals surface area contributed by atoms with Crippen LogP contribution in [-0.4, -0.2) is 71.6 Å². The summed E-state index contributed by atoms with van der Waals surface area (Å²) in [4.78, 5) is 47.6. The molecule has 0 bridgehead atoms. The third-order valence-corrected chi connectivity index (χ3v) is 7.26. The minimum Gasteiger partial charge on any atom is -0.543 e. The molecule has 3 aromatic heterocycles. The zero-order chi connectivity index (χ0) is 24.7. The first-order valence-electron chi connectivity index (χ1n) is 10.1. The maximum atomic E-state index is 13.0. The summed E-state index contributed by atoms with van der Waals surface area (Å²) in [6.07, 6.45) is 5.16. The van der Waals surface area contributed by atoms with Gasteiger partial charge in [0.15, 0.2) is 11.3 Å². The molecule has 0 radical (unpaired) electrons. The Morgan fingerprint density at radius 1 is 1.44 bits per heavy atom. The highest BCUT2D eigenvalue weighted by atomic mass is 35.5. The van der Waals surface area contributed by atoms with E-state index in [1.54, 1.807) is 29.2 Å². The molecule has 3 N–H and O–H groups in total. The Bertz CT molecular complexity index is 1420. The molecule has 0 aromatic carbocycles. The van der Waals surface area contributed by atoms with E-state index in [9.17, 15) is 19.5 Å². The highest BCUT2D eigenvalue weighted by Crippen LogP contribution is 2.40. The molecule has 14 nitrogen and oxygen atoms in total. The molecule has 0 saturated carbocycles. The van der Waals surface area contributed by atoms with Crippen LogP contribution in [0.1, 0.15) is 5.82 Å². The monoisotopic (exact) mass is 551 g/mol. The number of thioether (sulfide) groups is 1. The number of hydrogen-bond donors (Lipinski definition) is 2. The largest absolute Gasteiger partial charge is 0.543 e. The molecule has 2 atom stereocenters. The van der Waals surface area contributed by atoms with Crippen molar-refractivity contribution in [3.63, 3.8) is 0 Å². The maximum Gasteiger partial charge on any atom is 0.307 e. The molecule has 2 aliphatic rings. The second-order valence-electron chi connectivity index (χ2n) is 7.43. The lowest BCUT2D eigenvalue weighted by molar-refractivity contribution is -0.662. The quantitative estimate of drug-likeness (QED) is 0.143. The van der Waals surface area contributed by atoms with E-state index < -0.39 is 29.2 Å². The summed E-state index contributed by atoms with van der Waals surface area (Å²) < 4.78 is 7.43. The van der Waals surface area contributed by atoms with Gasteiger partial charge in [-0.3, -0.25) is 14.5 Å². The topological polar surface area (TPSA) is 184 Å². The number of fused-ring (bicyclic) bond motifs is 2. The molecule has 17 heteroatoms. The van der Waals surface area contributed by atoms with Crippen molar-refractivity contribution in [3.8, 4) is 0 Å². The first-order chi connectivity index (χ1) is 16.9. The summed E-state index contributed by atoms with van der Waals surface area (Å²) in [5.74, 6) is -2.53. The summed E-state index contributed by atoms with van der Waals surface area (Å²) in [5.41, 5.74) is 6.39. The molecule has 3 aromatic rings. The number of hydrogen-bond acceptors (Lipinski definition) is 12. The molecular weight excluding hydrogens is 534 g/mol. The molecule has 36 heavy (non-hydrogen) atoms. The van der Waals surface area contributed by atoms with E-state index in [-0.39, 0.29) is 41.3 Å². The molecule has 1 unspecified atom stereocenters. The Labute approximate surface area is 217 Å². The number of nitrogen functional groups attached to an aromatic ring is 1. The van der Waals surface area contributed by atoms with Gasteiger partial charge in [-0.05, 0) is 6.07 Å². The molecule has 188 valence electrons. The van der Waals surface area contributed by atoms with Crippen LogP contribution >= 0.6 is 35.7 Å². The smallest absolute Gasteiger partial charge is 0.307 e. The molecular formula is C19H18ClN9O5S2. The number of β-lactam (4-membered cyclic amide) rings is 1. The molecule has 5 heterocycles. The van der Waals surface area contributed by atoms with Crippen molar-refractivity contribution in [1.29, 1.82) is 0 Å². The number of amides is 2. The number of carbonyl (C=O) groups excluding carboxylic acids is 3. The lowest BCUT2D eigenvalue weighted by atomic mass is 10.0. The Balaban J connectivity index is 0.00000304. The second kappa shape index (κ2) is 10.1. The number of halogens is 1. The van der Waals surface area contributed by atoms with Crippen LogP contribution in [0.4, 0.5) is 5.13 Å². The number of oxime groups is 1. The molecule has 5 rings (SSSR count). The van der Waals surface area contributed by atoms with Gasteiger partial charge in [0.05, 0.1) is 17.9 Å². The molecule has 0 aliphatic carbocycles. The summed E-state index contributed by atoms with van der Waals surface area (Å²) >= 11 is 2.21. The SMILES string of the molecule is CON=C(C(=O)NC1C(=O)N2C(C(=O)[O-])=C(C[n+]3ccn4ncccc43)CS[C@H]12)c1nsc(N)n1.Cl. The first-order valence-corrected chi connectivity index (χ1v) is 11.9. The predicted molar refractivity (Wildman–Crippen MR) is 128 cm³/mol. The highest BCUT2D eigenvalue weighted by molar-refractivity contribution is 8.00. The molecule has 2 aliphatic heterocycles. The first kappa shape index (κ1) is 25.3. The van der Waals surface area contributed by atoms with Gasteiger partial charge < -0.3 is 25.8 Å². The predicted octanol–water partition coefficient (Wildman–Crippen LogP) is -2.07. The van der Waals surface area contributed by atoms with Crippen molar-refractivity contribution in [2.45, 2.75) is 18.0 Å². The average Bonchev–Trinajstić information content (AvgIpc) is 3.46. The Morgan fingerprint density at radius 2 is 2.25 bits per heavy atom. The third-order valence-electron chi connectivity index (χ3n) is 5.38. The van der Waals surface area contributed by atoms with Gasteiger partial charge >= 0.3 is 5.65 Å². The summed E-state index contributed by atoms with van der Waals surface area (Å²) in [6.45, 7) is 0.230. The van der Waals surface area contributed by atoms with Gasteiger partial charge in [-0.15, -0.1) is 28.7 Å². The normalized spacial score (nSPS) is 19.4. The lowest BCUT2D eigenvalue weighted by Gasteiger charge is -2.50. The summed E-state index contributed by atoms with van der Waals surface area (Å²) in [5, 5.41) is 22.0. The number of aliphatic carboxylic acids is 1. The fourth-order valence-electron chi connectivity index (χ4n) is 3.89. The zero-order valence-corrected chi connectivity index (χ0v) is 20.9. The minimum absolute atomic E-state index is 0. The second-order valence-corrected chi connectivity index (χ2v) is 9.32. The van der Waals surface area contributed by atoms with Gasteiger partial charge in [0.1, 0.15) is 31.3 Å². The van der Waals surface area contributed by atoms with E-state index in [0.717, 1.165) is 22.1 Å². The van der Waals surface area contributed by atoms with Gasteiger partial charge in [0, 0.05) is 28.9 Å². The van der Waals surface area contributed by atoms with Crippen LogP contribution in [-0.2, 0) is 25.8 Å². The number of nitrogens with zero attached hydrogens (tertiary/aromatic N) is 7. The average molecular weight is 552 g/mol. The number of carbonyl (C=O) groups is 3. The van der Waals surface area contributed by atoms with Gasteiger partial charge in [0.2, 0.25) is 11.5 Å². The van der Waals surface area contributed by atoms with E-state index in [1.165, 1.54) is 18.9 Å². The summed E-state index contributed by atoms with van der Waals surface area (Å²) in [7, 11) is 1.25. The lowest BCUT2D eigenvalue weighted by Crippen LogP contribution is -2.71. The van der Waals surface area contributed by atoms with E-state index in [4.69, 9.17) is 10.6 Å². The highest BCUT2D eigenvalue weighted by Gasteiger charge is 2.53. The van der Waals surface area contributed by atoms with Gasteiger partial charge in [-0.1, -0.05) is 10.3 Å². The van der Waals surface area contributed by atoms with Crippen LogP contribution in [0.3, 0.4) is 0 Å². The van der Waals surface area contributed by atoms with Crippen molar-refractivity contribution in [2.75, 3.05) is 18.6 Å². The number of rotatable bonds is 7. The van der Waals surface area contributed by atoms with Crippen molar-refractivity contribution < 1.29 is 28.9 Å². The maximum absolute atomic E-state index is 13.0. The van der Waals surface area contributed by atoms with Crippen LogP contribution < -0.4 is 20.7 Å². The van der Waals surface area contributed by atoms with E-state index in [2.05, 4.69) is 24.9 Å². The number of nitrogens with two attached hydrogens (primary N) is 1. The molecule has 2 amide bonds. The van der Waals surface area contributed by atoms with Crippen LogP contribution in [0, 0.1) is 0 Å². The fraction of sp³-hybridized carbons (Fsp3) is 0.263. The van der Waals surface area contributed by atoms with Gasteiger partial charge in [-0.25, -0.2) is 4.57 Å². The third kappa shape index (κ3) is 4.33. The number of carboxylic acid groups (broad SMARTS) is 1. The van der Waals surface area contributed by atoms with E-state index in [0.29, 0.717) is 11.3 Å². The number of carboxylic acids is 1. The van der Waals surface area contributed by atoms with Crippen molar-refractivity contribution in [2.24, 2.45) is 5.16 Å². The number of nitrogens with one attached hydrogen (secondary N) is 1. The Kier molecular flexibility index (Phi) is 7.09. The molecule has 1 fully saturated rings. The molecule has 0 spiro atoms. The van der Waals surface area contributed by atoms with Crippen LogP contribution in [0.5, 0.6) is 0 Å². The van der Waals surface area contributed by atoms with Crippen molar-refractivity contribution in [3.05, 3.63) is 47.8 Å². The van der Waals surface area contributed by atoms with E-state index >= 15 is 0 Å². The number of aromatic nitrogens is 5. The number of imidazole rings is 1. The van der Waals surface area contributed by atoms with Crippen LogP contribution in [0.2, 0.25) is 0 Å². The number of anilines is 1. The Morgan fingerprint density at radius 3 is 2.94 bits per heavy atom. The Hall–Kier alpha value is -3.76. The summed E-state index contributed by atoms with van der Waals surface area (Å²) in [6, 6.07) is 2.64. The van der Waals surface area contributed by atoms with Gasteiger partial charge in [-0.2, -0.15) is 9.36 Å². The fourth-order valence-corrected chi connectivity index (χ4v) is 5.66. The molecule has 1 saturated heterocycles. The van der Waals surface area contributed by atoms with Crippen LogP contribution in [0.15, 0.2) is 47.1 Å². The minimum atomic E-state index is -1.46. The standard InChI is InChI=1S/C19H17N9O5S2.ClH/c1-33-24-11(14-23-19(20)35-25-14)15(29)22-12-16(30)28-13(18(31)32)9(8-34-17(12)28)7-26-5-6-27-10(26)3-2-4-21-27;/h2-6,12,17H,7-8H2,1H3,(H3-,20,22,23,25,29,31,32);1H/t12?,17-;/m1./s1. The van der Waals surface area contributed by atoms with Crippen molar-refractivity contribution >= 4 is 70.0 Å². The zero-order valence-electron chi connectivity index (χ0n) is 18.4. The van der Waals surface area contributed by atoms with Gasteiger partial charge in [0.25, 0.3) is 11.8 Å². The van der Waals surface area contributed by atoms with Crippen molar-refractivity contribution in [1.82, 2.24) is 29.2 Å². The van der Waals surface area contributed by atoms with Crippen LogP contribution in [0.25, 0.3) is 5.65 Å². The van der Waals surface area contributed by atoms with E-state index in [1.807, 2.05) is 10.6 Å².